The minimum Gasteiger partial charge on any atom is -0.480 e. The van der Waals surface area contributed by atoms with Crippen LogP contribution in [-0.2, 0) is 4.79 Å². The molecule has 1 N–H and O–H groups in total. The largest absolute Gasteiger partial charge is 0.480 e. The molecule has 17 heavy (non-hydrogen) atoms. The second-order valence-electron chi connectivity index (χ2n) is 4.24. The highest BCUT2D eigenvalue weighted by Crippen LogP contribution is 2.43. The average Bonchev–Trinajstić information content (AvgIpc) is 2.39. The molecule has 0 saturated carbocycles. The van der Waals surface area contributed by atoms with Crippen LogP contribution in [-0.4, -0.2) is 11.1 Å². The van der Waals surface area contributed by atoms with Crippen molar-refractivity contribution in [1.82, 2.24) is 0 Å². The van der Waals surface area contributed by atoms with E-state index in [1.165, 1.54) is 0 Å². The van der Waals surface area contributed by atoms with E-state index in [2.05, 4.69) is 0 Å². The van der Waals surface area contributed by atoms with Gasteiger partial charge in [0.2, 0.25) is 0 Å². The maximum absolute atomic E-state index is 11.4. The number of carbonyl (C=O) groups is 1. The van der Waals surface area contributed by atoms with Gasteiger partial charge in [0.25, 0.3) is 0 Å². The van der Waals surface area contributed by atoms with Crippen LogP contribution in [0, 0.1) is 16.7 Å². The summed E-state index contributed by atoms with van der Waals surface area (Å²) in [5.41, 5.74) is -0.441. The van der Waals surface area contributed by atoms with Crippen molar-refractivity contribution < 1.29 is 9.90 Å². The maximum Gasteiger partial charge on any atom is 0.325 e. The van der Waals surface area contributed by atoms with E-state index in [0.717, 1.165) is 5.56 Å². The second kappa shape index (κ2) is 4.42. The lowest BCUT2D eigenvalue weighted by molar-refractivity contribution is -0.146. The first-order valence-corrected chi connectivity index (χ1v) is 5.57. The number of nitriles is 1. The van der Waals surface area contributed by atoms with Crippen LogP contribution in [0.15, 0.2) is 42.5 Å². The summed E-state index contributed by atoms with van der Waals surface area (Å²) in [6.45, 7) is 0. The fraction of sp³-hybridized carbons (Fsp3) is 0.286. The van der Waals surface area contributed by atoms with Gasteiger partial charge in [-0.25, -0.2) is 0 Å². The molecule has 1 aromatic carbocycles. The molecule has 1 aromatic rings. The van der Waals surface area contributed by atoms with Crippen LogP contribution in [0.1, 0.15) is 24.3 Å². The van der Waals surface area contributed by atoms with Crippen molar-refractivity contribution >= 4 is 5.97 Å². The Hall–Kier alpha value is -2.08. The van der Waals surface area contributed by atoms with Crippen LogP contribution in [0.2, 0.25) is 0 Å². The van der Waals surface area contributed by atoms with Gasteiger partial charge in [-0.3, -0.25) is 4.79 Å². The summed E-state index contributed by atoms with van der Waals surface area (Å²) in [5, 5.41) is 18.6. The van der Waals surface area contributed by atoms with Gasteiger partial charge in [0.05, 0.1) is 6.07 Å². The molecule has 0 aliphatic heterocycles. The van der Waals surface area contributed by atoms with Gasteiger partial charge in [-0.2, -0.15) is 5.26 Å². The lowest BCUT2D eigenvalue weighted by Crippen LogP contribution is -2.36. The summed E-state index contributed by atoms with van der Waals surface area (Å²) in [6.07, 6.45) is 4.81. The molecule has 0 fully saturated rings. The molecule has 2 rings (SSSR count). The quantitative estimate of drug-likeness (QED) is 0.790. The highest BCUT2D eigenvalue weighted by atomic mass is 16.4. The second-order valence-corrected chi connectivity index (χ2v) is 4.24. The molecule has 0 heterocycles. The molecular weight excluding hydrogens is 214 g/mol. The molecule has 86 valence electrons. The van der Waals surface area contributed by atoms with Crippen molar-refractivity contribution in [2.75, 3.05) is 0 Å². The van der Waals surface area contributed by atoms with E-state index >= 15 is 0 Å². The van der Waals surface area contributed by atoms with Gasteiger partial charge in [-0.1, -0.05) is 42.5 Å². The van der Waals surface area contributed by atoms with Gasteiger partial charge in [0.1, 0.15) is 0 Å². The van der Waals surface area contributed by atoms with E-state index in [4.69, 9.17) is 0 Å². The van der Waals surface area contributed by atoms with Gasteiger partial charge in [0, 0.05) is 5.92 Å². The first kappa shape index (κ1) is 11.4. The monoisotopic (exact) mass is 227 g/mol. The Labute approximate surface area is 100 Å². The zero-order chi connectivity index (χ0) is 12.3. The number of nitrogens with zero attached hydrogens (tertiary/aromatic N) is 1. The predicted octanol–water partition coefficient (Wildman–Crippen LogP) is 2.71. The van der Waals surface area contributed by atoms with Crippen molar-refractivity contribution in [3.8, 4) is 6.07 Å². The summed E-state index contributed by atoms with van der Waals surface area (Å²) in [5.74, 6) is -1.39. The van der Waals surface area contributed by atoms with E-state index in [1.807, 2.05) is 48.6 Å². The molecule has 1 aliphatic carbocycles. The van der Waals surface area contributed by atoms with Crippen molar-refractivity contribution in [2.24, 2.45) is 5.41 Å². The molecule has 1 aliphatic rings. The van der Waals surface area contributed by atoms with Crippen LogP contribution in [0.25, 0.3) is 0 Å². The molecule has 3 nitrogen and oxygen atoms in total. The first-order chi connectivity index (χ1) is 8.20. The van der Waals surface area contributed by atoms with Crippen LogP contribution in [0.4, 0.5) is 0 Å². The number of hydrogen-bond donors (Lipinski definition) is 1. The van der Waals surface area contributed by atoms with Crippen LogP contribution in [0.3, 0.4) is 0 Å². The van der Waals surface area contributed by atoms with Crippen molar-refractivity contribution in [3.05, 3.63) is 48.0 Å². The van der Waals surface area contributed by atoms with E-state index in [0.29, 0.717) is 12.8 Å². The number of rotatable bonds is 2. The Morgan fingerprint density at radius 2 is 2.12 bits per heavy atom. The Bertz CT molecular complexity index is 487. The van der Waals surface area contributed by atoms with Gasteiger partial charge >= 0.3 is 5.97 Å². The molecule has 0 aromatic heterocycles. The zero-order valence-corrected chi connectivity index (χ0v) is 9.34. The van der Waals surface area contributed by atoms with Gasteiger partial charge < -0.3 is 5.11 Å². The molecule has 0 saturated heterocycles. The third-order valence-electron chi connectivity index (χ3n) is 3.30. The topological polar surface area (TPSA) is 61.1 Å². The smallest absolute Gasteiger partial charge is 0.325 e. The van der Waals surface area contributed by atoms with Crippen molar-refractivity contribution in [2.45, 2.75) is 18.8 Å². The number of carboxylic acid groups (broad SMARTS) is 1. The number of benzene rings is 1. The summed E-state index contributed by atoms with van der Waals surface area (Å²) in [6, 6.07) is 11.4. The molecule has 2 atom stereocenters. The Kier molecular flexibility index (Phi) is 2.97. The predicted molar refractivity (Wildman–Crippen MR) is 63.2 cm³/mol. The average molecular weight is 227 g/mol. The van der Waals surface area contributed by atoms with Crippen LogP contribution < -0.4 is 0 Å². The van der Waals surface area contributed by atoms with E-state index in [1.54, 1.807) is 0 Å². The van der Waals surface area contributed by atoms with Crippen LogP contribution in [0.5, 0.6) is 0 Å². The van der Waals surface area contributed by atoms with Crippen molar-refractivity contribution in [3.63, 3.8) is 0 Å². The highest BCUT2D eigenvalue weighted by Gasteiger charge is 2.46. The zero-order valence-electron chi connectivity index (χ0n) is 9.34. The minimum atomic E-state index is -1.32. The molecule has 2 unspecified atom stereocenters. The standard InChI is InChI=1S/C14H13NO2/c15-10-14(13(16)17)9-5-4-8-12(14)11-6-2-1-3-7-11/h1-4,6-8,12H,5,9H2,(H,16,17). The van der Waals surface area contributed by atoms with E-state index in [9.17, 15) is 15.2 Å². The number of allylic oxidation sites excluding steroid dienone is 2. The van der Waals surface area contributed by atoms with Gasteiger partial charge in [-0.15, -0.1) is 0 Å². The summed E-state index contributed by atoms with van der Waals surface area (Å²) >= 11 is 0. The molecule has 3 heteroatoms. The third-order valence-corrected chi connectivity index (χ3v) is 3.30. The Morgan fingerprint density at radius 3 is 2.71 bits per heavy atom. The summed E-state index contributed by atoms with van der Waals surface area (Å²) < 4.78 is 0. The van der Waals surface area contributed by atoms with Crippen LogP contribution >= 0.6 is 0 Å². The van der Waals surface area contributed by atoms with Crippen molar-refractivity contribution in [1.29, 1.82) is 5.26 Å². The van der Waals surface area contributed by atoms with Gasteiger partial charge in [0.15, 0.2) is 5.41 Å². The summed E-state index contributed by atoms with van der Waals surface area (Å²) in [7, 11) is 0. The SMILES string of the molecule is N#CC1(C(=O)O)CCC=CC1c1ccccc1. The Balaban J connectivity index is 2.50. The molecule has 0 radical (unpaired) electrons. The van der Waals surface area contributed by atoms with E-state index in [-0.39, 0.29) is 5.92 Å². The third kappa shape index (κ3) is 1.83. The molecular formula is C14H13NO2. The maximum atomic E-state index is 11.4. The number of carboxylic acids is 1. The molecule has 0 amide bonds. The van der Waals surface area contributed by atoms with E-state index < -0.39 is 11.4 Å². The Morgan fingerprint density at radius 1 is 1.41 bits per heavy atom. The first-order valence-electron chi connectivity index (χ1n) is 5.57. The summed E-state index contributed by atoms with van der Waals surface area (Å²) in [4.78, 5) is 11.4. The number of hydrogen-bond acceptors (Lipinski definition) is 2. The fourth-order valence-corrected chi connectivity index (χ4v) is 2.33. The minimum absolute atomic E-state index is 0.361. The fourth-order valence-electron chi connectivity index (χ4n) is 2.33. The number of aliphatic carboxylic acids is 1. The highest BCUT2D eigenvalue weighted by molar-refractivity contribution is 5.80. The lowest BCUT2D eigenvalue weighted by Gasteiger charge is -2.32. The normalized spacial score (nSPS) is 27.4. The van der Waals surface area contributed by atoms with Gasteiger partial charge in [-0.05, 0) is 18.4 Å². The molecule has 0 bridgehead atoms. The lowest BCUT2D eigenvalue weighted by atomic mass is 9.67. The molecule has 0 spiro atoms.